The van der Waals surface area contributed by atoms with Gasteiger partial charge in [0.15, 0.2) is 6.29 Å². The van der Waals surface area contributed by atoms with Crippen molar-refractivity contribution in [3.63, 3.8) is 0 Å². The van der Waals surface area contributed by atoms with Crippen molar-refractivity contribution in [3.05, 3.63) is 42.0 Å². The van der Waals surface area contributed by atoms with Gasteiger partial charge in [0.05, 0.1) is 16.0 Å². The van der Waals surface area contributed by atoms with Crippen molar-refractivity contribution >= 4 is 27.7 Å². The summed E-state index contributed by atoms with van der Waals surface area (Å²) in [6.45, 7) is 0. The molecule has 0 unspecified atom stereocenters. The number of thiophene rings is 1. The van der Waals surface area contributed by atoms with Crippen molar-refractivity contribution in [2.24, 2.45) is 0 Å². The van der Waals surface area contributed by atoms with Gasteiger partial charge in [0.25, 0.3) is 0 Å². The molecule has 0 saturated carbocycles. The monoisotopic (exact) mass is 253 g/mol. The molecule has 0 aliphatic rings. The number of hydrogen-bond donors (Lipinski definition) is 1. The lowest BCUT2D eigenvalue weighted by molar-refractivity contribution is 0.111. The fraction of sp³-hybridized carbons (Fsp3) is 0. The first-order valence-electron chi connectivity index (χ1n) is 5.23. The van der Waals surface area contributed by atoms with E-state index in [1.165, 1.54) is 11.3 Å². The maximum atomic E-state index is 10.6. The molecule has 0 fully saturated rings. The molecule has 0 aliphatic heterocycles. The normalized spacial score (nSPS) is 10.4. The Balaban J connectivity index is 2.19. The maximum Gasteiger partial charge on any atom is 0.166 e. The smallest absolute Gasteiger partial charge is 0.166 e. The molecule has 3 heterocycles. The minimum Gasteiger partial charge on any atom is -0.358 e. The Morgan fingerprint density at radius 3 is 3.00 bits per heavy atom. The number of hydrogen-bond acceptors (Lipinski definition) is 4. The molecule has 0 spiro atoms. The van der Waals surface area contributed by atoms with Gasteiger partial charge >= 0.3 is 0 Å². The minimum atomic E-state index is 0.543. The zero-order valence-electron chi connectivity index (χ0n) is 9.18. The number of aldehydes is 1. The second-order valence-corrected chi connectivity index (χ2v) is 4.84. The number of aromatic nitrogens is 2. The van der Waals surface area contributed by atoms with Gasteiger partial charge in [-0.25, -0.2) is 0 Å². The lowest BCUT2D eigenvalue weighted by Gasteiger charge is -1.89. The molecule has 3 rings (SSSR count). The number of aromatic amines is 1. The molecule has 18 heavy (non-hydrogen) atoms. The zero-order valence-corrected chi connectivity index (χ0v) is 9.99. The molecule has 0 atom stereocenters. The molecular formula is C13H7N3OS. The van der Waals surface area contributed by atoms with E-state index in [-0.39, 0.29) is 0 Å². The van der Waals surface area contributed by atoms with Crippen LogP contribution in [0.1, 0.15) is 16.1 Å². The van der Waals surface area contributed by atoms with Gasteiger partial charge in [-0.05, 0) is 12.1 Å². The molecule has 0 radical (unpaired) electrons. The van der Waals surface area contributed by atoms with Crippen LogP contribution in [0.5, 0.6) is 0 Å². The maximum absolute atomic E-state index is 10.6. The van der Waals surface area contributed by atoms with Gasteiger partial charge in [-0.3, -0.25) is 9.78 Å². The molecule has 3 aromatic rings. The standard InChI is InChI=1S/C13H7N3OS/c14-3-10-5-15-4-9-2-12(18-13(9)10)8-1-11(7-17)16-6-8/h1-2,4-7,16H. The number of rotatable bonds is 2. The first-order chi connectivity index (χ1) is 8.81. The molecule has 1 N–H and O–H groups in total. The summed E-state index contributed by atoms with van der Waals surface area (Å²) in [5, 5.41) is 9.97. The van der Waals surface area contributed by atoms with E-state index < -0.39 is 0 Å². The van der Waals surface area contributed by atoms with Crippen LogP contribution in [0.2, 0.25) is 0 Å². The van der Waals surface area contributed by atoms with Gasteiger partial charge < -0.3 is 4.98 Å². The first-order valence-corrected chi connectivity index (χ1v) is 6.05. The summed E-state index contributed by atoms with van der Waals surface area (Å²) < 4.78 is 0.927. The number of nitriles is 1. The molecular weight excluding hydrogens is 246 g/mol. The molecule has 4 nitrogen and oxygen atoms in total. The summed E-state index contributed by atoms with van der Waals surface area (Å²) in [6.07, 6.45) is 5.87. The summed E-state index contributed by atoms with van der Waals surface area (Å²) in [6, 6.07) is 5.90. The molecule has 0 aromatic carbocycles. The zero-order chi connectivity index (χ0) is 12.5. The lowest BCUT2D eigenvalue weighted by Crippen LogP contribution is -1.75. The van der Waals surface area contributed by atoms with Crippen LogP contribution in [0.15, 0.2) is 30.7 Å². The number of nitrogens with zero attached hydrogens (tertiary/aromatic N) is 2. The van der Waals surface area contributed by atoms with Crippen LogP contribution in [-0.2, 0) is 0 Å². The highest BCUT2D eigenvalue weighted by Crippen LogP contribution is 2.34. The predicted octanol–water partition coefficient (Wildman–Crippen LogP) is 2.98. The van der Waals surface area contributed by atoms with Crippen LogP contribution < -0.4 is 0 Å². The van der Waals surface area contributed by atoms with Crippen LogP contribution in [-0.4, -0.2) is 16.3 Å². The van der Waals surface area contributed by atoms with Crippen molar-refractivity contribution < 1.29 is 4.79 Å². The van der Waals surface area contributed by atoms with Crippen LogP contribution in [0.4, 0.5) is 0 Å². The summed E-state index contributed by atoms with van der Waals surface area (Å²) in [5.41, 5.74) is 2.07. The highest BCUT2D eigenvalue weighted by molar-refractivity contribution is 7.22. The van der Waals surface area contributed by atoms with Crippen LogP contribution >= 0.6 is 11.3 Å². The molecule has 0 saturated heterocycles. The van der Waals surface area contributed by atoms with Gasteiger partial charge in [-0.15, -0.1) is 11.3 Å². The number of pyridine rings is 1. The number of fused-ring (bicyclic) bond motifs is 1. The average Bonchev–Trinajstić information content (AvgIpc) is 3.03. The summed E-state index contributed by atoms with van der Waals surface area (Å²) >= 11 is 1.53. The molecule has 86 valence electrons. The van der Waals surface area contributed by atoms with E-state index >= 15 is 0 Å². The molecule has 3 aromatic heterocycles. The average molecular weight is 253 g/mol. The Morgan fingerprint density at radius 2 is 2.28 bits per heavy atom. The Labute approximate surface area is 107 Å². The predicted molar refractivity (Wildman–Crippen MR) is 69.5 cm³/mol. The second-order valence-electron chi connectivity index (χ2n) is 3.79. The summed E-state index contributed by atoms with van der Waals surface area (Å²) in [4.78, 5) is 18.6. The van der Waals surface area contributed by atoms with Gasteiger partial charge in [0, 0.05) is 34.4 Å². The number of nitrogens with one attached hydrogen (secondary N) is 1. The van der Waals surface area contributed by atoms with Crippen molar-refractivity contribution in [1.29, 1.82) is 5.26 Å². The van der Waals surface area contributed by atoms with E-state index in [9.17, 15) is 4.79 Å². The molecule has 0 bridgehead atoms. The van der Waals surface area contributed by atoms with Crippen LogP contribution in [0, 0.1) is 11.3 Å². The third-order valence-corrected chi connectivity index (χ3v) is 3.89. The van der Waals surface area contributed by atoms with E-state index in [1.54, 1.807) is 24.7 Å². The van der Waals surface area contributed by atoms with Gasteiger partial charge in [-0.2, -0.15) is 5.26 Å². The van der Waals surface area contributed by atoms with Crippen molar-refractivity contribution in [3.8, 4) is 16.5 Å². The highest BCUT2D eigenvalue weighted by atomic mass is 32.1. The largest absolute Gasteiger partial charge is 0.358 e. The summed E-state index contributed by atoms with van der Waals surface area (Å²) in [7, 11) is 0. The van der Waals surface area contributed by atoms with Crippen molar-refractivity contribution in [2.75, 3.05) is 0 Å². The Morgan fingerprint density at radius 1 is 1.39 bits per heavy atom. The third kappa shape index (κ3) is 1.60. The number of carbonyl (C=O) groups excluding carboxylic acids is 1. The number of H-pyrrole nitrogens is 1. The fourth-order valence-corrected chi connectivity index (χ4v) is 2.89. The van der Waals surface area contributed by atoms with Crippen molar-refractivity contribution in [2.45, 2.75) is 0 Å². The van der Waals surface area contributed by atoms with E-state index in [1.807, 2.05) is 6.07 Å². The Kier molecular flexibility index (Phi) is 2.43. The van der Waals surface area contributed by atoms with Crippen LogP contribution in [0.25, 0.3) is 20.5 Å². The van der Waals surface area contributed by atoms with Gasteiger partial charge in [0.2, 0.25) is 0 Å². The van der Waals surface area contributed by atoms with E-state index in [2.05, 4.69) is 16.0 Å². The first kappa shape index (κ1) is 10.7. The molecule has 5 heteroatoms. The lowest BCUT2D eigenvalue weighted by atomic mass is 10.2. The topological polar surface area (TPSA) is 69.5 Å². The van der Waals surface area contributed by atoms with E-state index in [4.69, 9.17) is 5.26 Å². The molecule has 0 aliphatic carbocycles. The van der Waals surface area contributed by atoms with Crippen molar-refractivity contribution in [1.82, 2.24) is 9.97 Å². The SMILES string of the molecule is N#Cc1cncc2cc(-c3c[nH]c(C=O)c3)sc12. The second kappa shape index (κ2) is 4.09. The fourth-order valence-electron chi connectivity index (χ4n) is 1.81. The van der Waals surface area contributed by atoms with Gasteiger partial charge in [0.1, 0.15) is 6.07 Å². The quantitative estimate of drug-likeness (QED) is 0.714. The Hall–Kier alpha value is -2.45. The minimum absolute atomic E-state index is 0.543. The van der Waals surface area contributed by atoms with Crippen LogP contribution in [0.3, 0.4) is 0 Å². The van der Waals surface area contributed by atoms with Gasteiger partial charge in [-0.1, -0.05) is 0 Å². The van der Waals surface area contributed by atoms with E-state index in [0.717, 1.165) is 26.8 Å². The third-order valence-electron chi connectivity index (χ3n) is 2.66. The summed E-state index contributed by atoms with van der Waals surface area (Å²) in [5.74, 6) is 0. The highest BCUT2D eigenvalue weighted by Gasteiger charge is 2.09. The molecule has 0 amide bonds. The Bertz CT molecular complexity index is 779. The van der Waals surface area contributed by atoms with E-state index in [0.29, 0.717) is 11.3 Å². The number of carbonyl (C=O) groups is 1.